The molecule has 4 rings (SSSR count). The topological polar surface area (TPSA) is 54.5 Å². The summed E-state index contributed by atoms with van der Waals surface area (Å²) in [6, 6.07) is 29.5. The van der Waals surface area contributed by atoms with Gasteiger partial charge < -0.3 is 4.90 Å². The van der Waals surface area contributed by atoms with Crippen LogP contribution in [0.4, 0.5) is 13.2 Å². The number of alkyl halides is 3. The second-order valence-corrected chi connectivity index (χ2v) is 11.1. The van der Waals surface area contributed by atoms with Crippen LogP contribution in [0.15, 0.2) is 114 Å². The van der Waals surface area contributed by atoms with Crippen molar-refractivity contribution in [3.8, 4) is 0 Å². The van der Waals surface area contributed by atoms with E-state index in [-0.39, 0.29) is 23.9 Å². The minimum Gasteiger partial charge on any atom is -0.333 e. The van der Waals surface area contributed by atoms with Gasteiger partial charge in [0.2, 0.25) is 5.91 Å². The van der Waals surface area contributed by atoms with E-state index < -0.39 is 27.5 Å². The number of hydrogen-bond donors (Lipinski definition) is 0. The molecule has 0 radical (unpaired) electrons. The van der Waals surface area contributed by atoms with Gasteiger partial charge in [-0.25, -0.2) is 8.42 Å². The first-order valence-electron chi connectivity index (χ1n) is 11.9. The van der Waals surface area contributed by atoms with Gasteiger partial charge in [-0.1, -0.05) is 84.9 Å². The predicted octanol–water partition coefficient (Wildman–Crippen LogP) is 6.47. The Labute approximate surface area is 220 Å². The fourth-order valence-electron chi connectivity index (χ4n) is 4.29. The summed E-state index contributed by atoms with van der Waals surface area (Å²) >= 11 is 0. The molecule has 0 aliphatic carbocycles. The van der Waals surface area contributed by atoms with Gasteiger partial charge in [0.15, 0.2) is 9.84 Å². The summed E-state index contributed by atoms with van der Waals surface area (Å²) in [5, 5.41) is 0. The molecule has 0 atom stereocenters. The number of carbonyl (C=O) groups excluding carboxylic acids is 1. The van der Waals surface area contributed by atoms with Crippen LogP contribution >= 0.6 is 0 Å². The molecule has 0 N–H and O–H groups in total. The summed E-state index contributed by atoms with van der Waals surface area (Å²) in [4.78, 5) is 15.8. The molecule has 0 aliphatic rings. The van der Waals surface area contributed by atoms with E-state index in [0.29, 0.717) is 11.1 Å². The molecular formula is C30H26F3NO3S. The van der Waals surface area contributed by atoms with E-state index in [1.807, 2.05) is 60.7 Å². The first-order chi connectivity index (χ1) is 18.0. The Morgan fingerprint density at radius 1 is 0.737 bits per heavy atom. The van der Waals surface area contributed by atoms with Gasteiger partial charge in [-0.15, -0.1) is 0 Å². The van der Waals surface area contributed by atoms with Gasteiger partial charge in [-0.3, -0.25) is 4.79 Å². The average Bonchev–Trinajstić information content (AvgIpc) is 2.89. The maximum Gasteiger partial charge on any atom is 0.416 e. The highest BCUT2D eigenvalue weighted by Gasteiger charge is 2.31. The van der Waals surface area contributed by atoms with Crippen LogP contribution in [-0.2, 0) is 33.9 Å². The molecule has 0 saturated carbocycles. The van der Waals surface area contributed by atoms with Crippen molar-refractivity contribution in [2.45, 2.75) is 30.1 Å². The van der Waals surface area contributed by atoms with Crippen molar-refractivity contribution in [2.75, 3.05) is 6.26 Å². The van der Waals surface area contributed by atoms with Crippen LogP contribution in [0.25, 0.3) is 0 Å². The van der Waals surface area contributed by atoms with Crippen molar-refractivity contribution in [3.05, 3.63) is 137 Å². The van der Waals surface area contributed by atoms with E-state index in [1.54, 1.807) is 18.2 Å². The lowest BCUT2D eigenvalue weighted by Crippen LogP contribution is -2.35. The molecule has 0 aliphatic heterocycles. The second kappa shape index (κ2) is 11.2. The van der Waals surface area contributed by atoms with Crippen LogP contribution in [0.1, 0.15) is 33.7 Å². The van der Waals surface area contributed by atoms with Crippen molar-refractivity contribution in [1.29, 1.82) is 0 Å². The molecule has 0 fully saturated rings. The summed E-state index contributed by atoms with van der Waals surface area (Å²) in [5.41, 5.74) is 1.70. The van der Waals surface area contributed by atoms with Crippen molar-refractivity contribution < 1.29 is 26.4 Å². The molecule has 0 bridgehead atoms. The van der Waals surface area contributed by atoms with Crippen molar-refractivity contribution in [2.24, 2.45) is 0 Å². The zero-order valence-corrected chi connectivity index (χ0v) is 21.4. The van der Waals surface area contributed by atoms with Crippen LogP contribution in [0.5, 0.6) is 0 Å². The molecule has 4 aromatic carbocycles. The largest absolute Gasteiger partial charge is 0.416 e. The van der Waals surface area contributed by atoms with Crippen molar-refractivity contribution in [3.63, 3.8) is 0 Å². The fourth-order valence-corrected chi connectivity index (χ4v) is 4.92. The lowest BCUT2D eigenvalue weighted by Gasteiger charge is -2.29. The summed E-state index contributed by atoms with van der Waals surface area (Å²) < 4.78 is 63.9. The van der Waals surface area contributed by atoms with Crippen molar-refractivity contribution in [1.82, 2.24) is 4.90 Å². The molecule has 1 amide bonds. The normalized spacial score (nSPS) is 11.9. The van der Waals surface area contributed by atoms with E-state index in [4.69, 9.17) is 0 Å². The third-order valence-corrected chi connectivity index (χ3v) is 7.31. The highest BCUT2D eigenvalue weighted by molar-refractivity contribution is 7.90. The highest BCUT2D eigenvalue weighted by Crippen LogP contribution is 2.31. The average molecular weight is 538 g/mol. The van der Waals surface area contributed by atoms with E-state index in [0.717, 1.165) is 29.5 Å². The highest BCUT2D eigenvalue weighted by atomic mass is 32.2. The van der Waals surface area contributed by atoms with Gasteiger partial charge in [0.05, 0.1) is 16.4 Å². The maximum atomic E-state index is 14.2. The Hall–Kier alpha value is -3.91. The minimum atomic E-state index is -4.51. The Balaban J connectivity index is 1.75. The predicted molar refractivity (Wildman–Crippen MR) is 140 cm³/mol. The van der Waals surface area contributed by atoms with Crippen molar-refractivity contribution >= 4 is 15.7 Å². The number of nitrogens with zero attached hydrogens (tertiary/aromatic N) is 1. The van der Waals surface area contributed by atoms with Gasteiger partial charge in [0.1, 0.15) is 0 Å². The van der Waals surface area contributed by atoms with Crippen LogP contribution in [-0.4, -0.2) is 25.5 Å². The lowest BCUT2D eigenvalue weighted by molar-refractivity contribution is -0.137. The zero-order valence-electron chi connectivity index (χ0n) is 20.6. The van der Waals surface area contributed by atoms with E-state index in [9.17, 15) is 26.4 Å². The second-order valence-electron chi connectivity index (χ2n) is 9.06. The van der Waals surface area contributed by atoms with E-state index in [1.165, 1.54) is 23.1 Å². The molecule has 38 heavy (non-hydrogen) atoms. The molecule has 4 aromatic rings. The smallest absolute Gasteiger partial charge is 0.333 e. The molecule has 4 nitrogen and oxygen atoms in total. The van der Waals surface area contributed by atoms with Gasteiger partial charge in [0.25, 0.3) is 0 Å². The Bertz CT molecular complexity index is 1450. The summed E-state index contributed by atoms with van der Waals surface area (Å²) in [6.07, 6.45) is -3.40. The van der Waals surface area contributed by atoms with Crippen LogP contribution < -0.4 is 0 Å². The third kappa shape index (κ3) is 6.69. The van der Waals surface area contributed by atoms with Gasteiger partial charge in [-0.2, -0.15) is 13.2 Å². The number of rotatable bonds is 8. The molecule has 0 aromatic heterocycles. The molecule has 0 saturated heterocycles. The number of benzene rings is 4. The van der Waals surface area contributed by atoms with Crippen LogP contribution in [0.2, 0.25) is 0 Å². The standard InChI is InChI=1S/C30H26F3NO3S/c1-38(36,37)27-17-15-22(16-18-27)20-34(21-23-9-8-14-26(19-23)30(31,32)33)29(35)28(24-10-4-2-5-11-24)25-12-6-3-7-13-25/h2-19,28H,20-21H2,1H3. The van der Waals surface area contributed by atoms with Gasteiger partial charge in [0, 0.05) is 19.3 Å². The number of hydrogen-bond acceptors (Lipinski definition) is 3. The lowest BCUT2D eigenvalue weighted by atomic mass is 9.89. The number of amides is 1. The molecule has 0 spiro atoms. The Morgan fingerprint density at radius 2 is 1.26 bits per heavy atom. The van der Waals surface area contributed by atoms with Crippen LogP contribution in [0, 0.1) is 0 Å². The number of sulfone groups is 1. The molecule has 0 heterocycles. The molecular weight excluding hydrogens is 511 g/mol. The molecule has 8 heteroatoms. The van der Waals surface area contributed by atoms with E-state index in [2.05, 4.69) is 0 Å². The minimum absolute atomic E-state index is 0.0627. The third-order valence-electron chi connectivity index (χ3n) is 6.18. The first kappa shape index (κ1) is 27.1. The molecule has 196 valence electrons. The summed E-state index contributed by atoms with van der Waals surface area (Å²) in [6.45, 7) is 0.0159. The quantitative estimate of drug-likeness (QED) is 0.259. The van der Waals surface area contributed by atoms with Crippen LogP contribution in [0.3, 0.4) is 0 Å². The summed E-state index contributed by atoms with van der Waals surface area (Å²) in [7, 11) is -3.40. The monoisotopic (exact) mass is 537 g/mol. The summed E-state index contributed by atoms with van der Waals surface area (Å²) in [5.74, 6) is -0.967. The number of carbonyl (C=O) groups is 1. The van der Waals surface area contributed by atoms with Gasteiger partial charge >= 0.3 is 6.18 Å². The maximum absolute atomic E-state index is 14.2. The molecule has 0 unspecified atom stereocenters. The first-order valence-corrected chi connectivity index (χ1v) is 13.8. The Morgan fingerprint density at radius 3 is 1.76 bits per heavy atom. The number of halogens is 3. The van der Waals surface area contributed by atoms with E-state index >= 15 is 0 Å². The van der Waals surface area contributed by atoms with Gasteiger partial charge in [-0.05, 0) is 46.5 Å². The SMILES string of the molecule is CS(=O)(=O)c1ccc(CN(Cc2cccc(C(F)(F)F)c2)C(=O)C(c2ccccc2)c2ccccc2)cc1. The zero-order chi connectivity index (χ0) is 27.3. The fraction of sp³-hybridized carbons (Fsp3) is 0.167. The Kier molecular flexibility index (Phi) is 8.02.